The summed E-state index contributed by atoms with van der Waals surface area (Å²) in [6.07, 6.45) is 2.29. The molecule has 0 saturated heterocycles. The van der Waals surface area contributed by atoms with Gasteiger partial charge in [-0.2, -0.15) is 5.26 Å². The first-order valence-corrected chi connectivity index (χ1v) is 5.26. The molecule has 0 aliphatic rings. The van der Waals surface area contributed by atoms with Gasteiger partial charge in [-0.15, -0.1) is 11.3 Å². The summed E-state index contributed by atoms with van der Waals surface area (Å²) in [6.45, 7) is 2.16. The van der Waals surface area contributed by atoms with Gasteiger partial charge in [0.2, 0.25) is 0 Å². The van der Waals surface area contributed by atoms with Gasteiger partial charge in [0.05, 0.1) is 19.1 Å². The van der Waals surface area contributed by atoms with E-state index in [0.29, 0.717) is 19.6 Å². The number of methoxy groups -OCH3 is 1. The van der Waals surface area contributed by atoms with Crippen LogP contribution in [0.2, 0.25) is 0 Å². The van der Waals surface area contributed by atoms with Crippen LogP contribution < -0.4 is 4.90 Å². The lowest BCUT2D eigenvalue weighted by atomic mass is 10.4. The molecule has 0 atom stereocenters. The Balaban J connectivity index is 2.49. The van der Waals surface area contributed by atoms with Crippen molar-refractivity contribution in [3.8, 4) is 6.07 Å². The third-order valence-corrected chi connectivity index (χ3v) is 2.58. The molecule has 0 saturated carbocycles. The van der Waals surface area contributed by atoms with Crippen LogP contribution in [0, 0.1) is 11.3 Å². The molecule has 0 aliphatic heterocycles. The second kappa shape index (κ2) is 6.35. The van der Waals surface area contributed by atoms with E-state index in [1.807, 2.05) is 5.38 Å². The molecule has 0 radical (unpaired) electrons. The molecule has 0 aromatic carbocycles. The molecule has 4 nitrogen and oxygen atoms in total. The van der Waals surface area contributed by atoms with Gasteiger partial charge < -0.3 is 9.64 Å². The van der Waals surface area contributed by atoms with Gasteiger partial charge in [-0.05, 0) is 0 Å². The summed E-state index contributed by atoms with van der Waals surface area (Å²) in [4.78, 5) is 6.27. The highest BCUT2D eigenvalue weighted by molar-refractivity contribution is 7.13. The number of hydrogen-bond acceptors (Lipinski definition) is 5. The van der Waals surface area contributed by atoms with Crippen molar-refractivity contribution in [1.29, 1.82) is 5.26 Å². The zero-order valence-electron chi connectivity index (χ0n) is 8.14. The Kier molecular flexibility index (Phi) is 4.97. The minimum absolute atomic E-state index is 0.517. The summed E-state index contributed by atoms with van der Waals surface area (Å²) in [5, 5.41) is 11.4. The lowest BCUT2D eigenvalue weighted by Crippen LogP contribution is -2.27. The lowest BCUT2D eigenvalue weighted by molar-refractivity contribution is 0.205. The van der Waals surface area contributed by atoms with Crippen LogP contribution >= 0.6 is 11.3 Å². The van der Waals surface area contributed by atoms with E-state index in [-0.39, 0.29) is 0 Å². The highest BCUT2D eigenvalue weighted by atomic mass is 32.1. The number of hydrogen-bond donors (Lipinski definition) is 0. The fourth-order valence-corrected chi connectivity index (χ4v) is 1.76. The minimum Gasteiger partial charge on any atom is -0.383 e. The van der Waals surface area contributed by atoms with E-state index >= 15 is 0 Å². The molecule has 76 valence electrons. The molecule has 1 heterocycles. The first-order valence-electron chi connectivity index (χ1n) is 4.39. The summed E-state index contributed by atoms with van der Waals surface area (Å²) in [5.41, 5.74) is 0. The zero-order chi connectivity index (χ0) is 10.2. The number of nitrogens with zero attached hydrogens (tertiary/aromatic N) is 3. The largest absolute Gasteiger partial charge is 0.383 e. The maximum absolute atomic E-state index is 8.51. The highest BCUT2D eigenvalue weighted by Gasteiger charge is 2.07. The monoisotopic (exact) mass is 211 g/mol. The van der Waals surface area contributed by atoms with Gasteiger partial charge in [-0.25, -0.2) is 4.98 Å². The van der Waals surface area contributed by atoms with Crippen molar-refractivity contribution in [3.05, 3.63) is 11.6 Å². The average molecular weight is 211 g/mol. The second-order valence-corrected chi connectivity index (χ2v) is 3.58. The predicted molar refractivity (Wildman–Crippen MR) is 56.4 cm³/mol. The molecular weight excluding hydrogens is 198 g/mol. The van der Waals surface area contributed by atoms with Gasteiger partial charge in [0, 0.05) is 31.8 Å². The Morgan fingerprint density at radius 1 is 1.64 bits per heavy atom. The normalized spacial score (nSPS) is 9.71. The van der Waals surface area contributed by atoms with Gasteiger partial charge in [0.25, 0.3) is 0 Å². The summed E-state index contributed by atoms with van der Waals surface area (Å²) < 4.78 is 5.00. The number of aromatic nitrogens is 1. The summed E-state index contributed by atoms with van der Waals surface area (Å²) in [5.74, 6) is 0. The van der Waals surface area contributed by atoms with E-state index in [9.17, 15) is 0 Å². The van der Waals surface area contributed by atoms with E-state index in [1.165, 1.54) is 0 Å². The van der Waals surface area contributed by atoms with E-state index < -0.39 is 0 Å². The second-order valence-electron chi connectivity index (χ2n) is 2.70. The molecule has 0 amide bonds. The Morgan fingerprint density at radius 3 is 3.07 bits per heavy atom. The number of nitriles is 1. The Bertz CT molecular complexity index is 281. The number of anilines is 1. The average Bonchev–Trinajstić information content (AvgIpc) is 2.71. The predicted octanol–water partition coefficient (Wildman–Crippen LogP) is 1.51. The number of thiazole rings is 1. The van der Waals surface area contributed by atoms with Gasteiger partial charge in [-0.3, -0.25) is 0 Å². The van der Waals surface area contributed by atoms with Crippen LogP contribution in [0.15, 0.2) is 11.6 Å². The van der Waals surface area contributed by atoms with Gasteiger partial charge in [0.15, 0.2) is 5.13 Å². The van der Waals surface area contributed by atoms with Crippen molar-refractivity contribution in [3.63, 3.8) is 0 Å². The summed E-state index contributed by atoms with van der Waals surface area (Å²) in [7, 11) is 1.67. The van der Waals surface area contributed by atoms with Crippen LogP contribution in [0.3, 0.4) is 0 Å². The van der Waals surface area contributed by atoms with Crippen molar-refractivity contribution in [2.75, 3.05) is 31.7 Å². The fourth-order valence-electron chi connectivity index (χ4n) is 1.06. The topological polar surface area (TPSA) is 49.1 Å². The minimum atomic E-state index is 0.517. The SMILES string of the molecule is COCCN(CCC#N)c1nccs1. The molecule has 0 spiro atoms. The van der Waals surface area contributed by atoms with E-state index in [0.717, 1.165) is 11.7 Å². The van der Waals surface area contributed by atoms with Crippen LogP contribution in [-0.2, 0) is 4.74 Å². The zero-order valence-corrected chi connectivity index (χ0v) is 8.96. The Hall–Kier alpha value is -1.12. The van der Waals surface area contributed by atoms with Crippen molar-refractivity contribution in [2.45, 2.75) is 6.42 Å². The maximum Gasteiger partial charge on any atom is 0.185 e. The molecule has 1 aromatic rings. The summed E-state index contributed by atoms with van der Waals surface area (Å²) >= 11 is 1.58. The number of ether oxygens (including phenoxy) is 1. The van der Waals surface area contributed by atoms with Crippen LogP contribution in [0.25, 0.3) is 0 Å². The lowest BCUT2D eigenvalue weighted by Gasteiger charge is -2.19. The van der Waals surface area contributed by atoms with Gasteiger partial charge in [0.1, 0.15) is 0 Å². The molecule has 0 aliphatic carbocycles. The van der Waals surface area contributed by atoms with E-state index in [4.69, 9.17) is 10.00 Å². The Labute approximate surface area is 87.7 Å². The first kappa shape index (κ1) is 11.0. The third-order valence-electron chi connectivity index (χ3n) is 1.75. The highest BCUT2D eigenvalue weighted by Crippen LogP contribution is 2.16. The smallest absolute Gasteiger partial charge is 0.185 e. The molecule has 0 bridgehead atoms. The van der Waals surface area contributed by atoms with Crippen LogP contribution in [-0.4, -0.2) is 31.8 Å². The molecule has 0 N–H and O–H groups in total. The molecule has 5 heteroatoms. The third kappa shape index (κ3) is 3.32. The van der Waals surface area contributed by atoms with Crippen LogP contribution in [0.4, 0.5) is 5.13 Å². The molecule has 14 heavy (non-hydrogen) atoms. The standard InChI is InChI=1S/C9H13N3OS/c1-13-7-6-12(5-2-3-10)9-11-4-8-14-9/h4,8H,2,5-7H2,1H3. The van der Waals surface area contributed by atoms with E-state index in [2.05, 4.69) is 16.0 Å². The Morgan fingerprint density at radius 2 is 2.50 bits per heavy atom. The number of rotatable bonds is 6. The van der Waals surface area contributed by atoms with Crippen LogP contribution in [0.5, 0.6) is 0 Å². The molecule has 1 aromatic heterocycles. The van der Waals surface area contributed by atoms with Crippen molar-refractivity contribution in [1.82, 2.24) is 4.98 Å². The van der Waals surface area contributed by atoms with Gasteiger partial charge in [-0.1, -0.05) is 0 Å². The van der Waals surface area contributed by atoms with Crippen molar-refractivity contribution in [2.24, 2.45) is 0 Å². The summed E-state index contributed by atoms with van der Waals surface area (Å²) in [6, 6.07) is 2.13. The van der Waals surface area contributed by atoms with Crippen molar-refractivity contribution >= 4 is 16.5 Å². The van der Waals surface area contributed by atoms with Crippen molar-refractivity contribution < 1.29 is 4.74 Å². The van der Waals surface area contributed by atoms with Gasteiger partial charge >= 0.3 is 0 Å². The molecule has 1 rings (SSSR count). The molecule has 0 unspecified atom stereocenters. The quantitative estimate of drug-likeness (QED) is 0.715. The fraction of sp³-hybridized carbons (Fsp3) is 0.556. The molecule has 0 fully saturated rings. The van der Waals surface area contributed by atoms with E-state index in [1.54, 1.807) is 24.6 Å². The van der Waals surface area contributed by atoms with Crippen LogP contribution in [0.1, 0.15) is 6.42 Å². The molecular formula is C9H13N3OS. The maximum atomic E-state index is 8.51. The first-order chi connectivity index (χ1) is 6.88.